The summed E-state index contributed by atoms with van der Waals surface area (Å²) in [4.78, 5) is 11.6. The van der Waals surface area contributed by atoms with Gasteiger partial charge in [0.1, 0.15) is 0 Å². The van der Waals surface area contributed by atoms with Crippen LogP contribution in [-0.4, -0.2) is 9.67 Å². The Labute approximate surface area is 107 Å². The van der Waals surface area contributed by atoms with Gasteiger partial charge in [0.25, 0.3) is 5.56 Å². The molecule has 16 heavy (non-hydrogen) atoms. The van der Waals surface area contributed by atoms with Crippen molar-refractivity contribution >= 4 is 22.6 Å². The van der Waals surface area contributed by atoms with E-state index < -0.39 is 0 Å². The number of hydrogen-bond donors (Lipinski definition) is 1. The van der Waals surface area contributed by atoms with E-state index >= 15 is 0 Å². The van der Waals surface area contributed by atoms with Crippen molar-refractivity contribution < 1.29 is 5.11 Å². The molecule has 0 aliphatic heterocycles. The molecule has 0 saturated carbocycles. The van der Waals surface area contributed by atoms with Gasteiger partial charge in [-0.2, -0.15) is 0 Å². The van der Waals surface area contributed by atoms with Crippen LogP contribution in [0.25, 0.3) is 0 Å². The first-order valence-corrected chi connectivity index (χ1v) is 5.87. The minimum Gasteiger partial charge on any atom is -0.503 e. The molecule has 4 heteroatoms. The number of nitrogens with zero attached hydrogens (tertiary/aromatic N) is 1. The van der Waals surface area contributed by atoms with Crippen LogP contribution in [0.4, 0.5) is 0 Å². The standard InChI is InChI=1S/C12H10INO2/c13-10-5-3-9(4-6-10)8-14-7-1-2-11(15)12(14)16/h1-7,15H,8H2. The Morgan fingerprint density at radius 1 is 1.19 bits per heavy atom. The molecule has 82 valence electrons. The van der Waals surface area contributed by atoms with Crippen LogP contribution < -0.4 is 5.56 Å². The zero-order valence-corrected chi connectivity index (χ0v) is 10.6. The highest BCUT2D eigenvalue weighted by molar-refractivity contribution is 14.1. The molecule has 1 heterocycles. The van der Waals surface area contributed by atoms with Gasteiger partial charge in [0, 0.05) is 9.77 Å². The Bertz CT molecular complexity index is 546. The zero-order valence-electron chi connectivity index (χ0n) is 8.43. The molecule has 0 radical (unpaired) electrons. The Morgan fingerprint density at radius 2 is 1.88 bits per heavy atom. The molecular formula is C12H10INO2. The molecule has 0 saturated heterocycles. The van der Waals surface area contributed by atoms with Gasteiger partial charge in [-0.25, -0.2) is 0 Å². The number of aromatic hydroxyl groups is 1. The summed E-state index contributed by atoms with van der Waals surface area (Å²) in [6.07, 6.45) is 1.67. The lowest BCUT2D eigenvalue weighted by atomic mass is 10.2. The SMILES string of the molecule is O=c1c(O)cccn1Cc1ccc(I)cc1. The summed E-state index contributed by atoms with van der Waals surface area (Å²) < 4.78 is 2.64. The lowest BCUT2D eigenvalue weighted by Gasteiger charge is -2.05. The fraction of sp³-hybridized carbons (Fsp3) is 0.0833. The van der Waals surface area contributed by atoms with Crippen molar-refractivity contribution in [3.8, 4) is 5.75 Å². The Kier molecular flexibility index (Phi) is 3.28. The fourth-order valence-corrected chi connectivity index (χ4v) is 1.79. The lowest BCUT2D eigenvalue weighted by Crippen LogP contribution is -2.18. The second kappa shape index (κ2) is 4.69. The van der Waals surface area contributed by atoms with Gasteiger partial charge in [0.15, 0.2) is 5.75 Å². The maximum Gasteiger partial charge on any atom is 0.292 e. The van der Waals surface area contributed by atoms with E-state index in [0.717, 1.165) is 9.13 Å². The third-order valence-electron chi connectivity index (χ3n) is 2.27. The van der Waals surface area contributed by atoms with Gasteiger partial charge in [-0.1, -0.05) is 12.1 Å². The molecule has 3 nitrogen and oxygen atoms in total. The van der Waals surface area contributed by atoms with Crippen LogP contribution >= 0.6 is 22.6 Å². The van der Waals surface area contributed by atoms with Gasteiger partial charge < -0.3 is 9.67 Å². The molecule has 0 fully saturated rings. The Balaban J connectivity index is 2.31. The van der Waals surface area contributed by atoms with Gasteiger partial charge in [0.05, 0.1) is 6.54 Å². The molecule has 0 unspecified atom stereocenters. The van der Waals surface area contributed by atoms with Gasteiger partial charge in [-0.05, 0) is 52.4 Å². The highest BCUT2D eigenvalue weighted by Gasteiger charge is 2.01. The monoisotopic (exact) mass is 327 g/mol. The summed E-state index contributed by atoms with van der Waals surface area (Å²) in [5.41, 5.74) is 0.675. The topological polar surface area (TPSA) is 42.2 Å². The average molecular weight is 327 g/mol. The first-order chi connectivity index (χ1) is 7.66. The average Bonchev–Trinajstić information content (AvgIpc) is 2.28. The van der Waals surface area contributed by atoms with Crippen molar-refractivity contribution in [3.05, 3.63) is 62.1 Å². The summed E-state index contributed by atoms with van der Waals surface area (Å²) in [5, 5.41) is 9.29. The minimum atomic E-state index is -0.360. The van der Waals surface area contributed by atoms with Crippen molar-refractivity contribution in [3.63, 3.8) is 0 Å². The minimum absolute atomic E-state index is 0.215. The lowest BCUT2D eigenvalue weighted by molar-refractivity contribution is 0.459. The van der Waals surface area contributed by atoms with Crippen LogP contribution in [0.2, 0.25) is 0 Å². The van der Waals surface area contributed by atoms with E-state index in [-0.39, 0.29) is 11.3 Å². The number of halogens is 1. The van der Waals surface area contributed by atoms with E-state index in [1.54, 1.807) is 12.3 Å². The van der Waals surface area contributed by atoms with Crippen molar-refractivity contribution in [2.24, 2.45) is 0 Å². The summed E-state index contributed by atoms with van der Waals surface area (Å²) in [5.74, 6) is -0.215. The quantitative estimate of drug-likeness (QED) is 0.860. The second-order valence-corrected chi connectivity index (χ2v) is 4.70. The normalized spacial score (nSPS) is 10.3. The van der Waals surface area contributed by atoms with Crippen LogP contribution in [0.15, 0.2) is 47.4 Å². The third kappa shape index (κ3) is 2.44. The van der Waals surface area contributed by atoms with E-state index in [9.17, 15) is 9.90 Å². The van der Waals surface area contributed by atoms with E-state index in [1.807, 2.05) is 24.3 Å². The number of hydrogen-bond acceptors (Lipinski definition) is 2. The zero-order chi connectivity index (χ0) is 11.5. The molecule has 1 N–H and O–H groups in total. The smallest absolute Gasteiger partial charge is 0.292 e. The van der Waals surface area contributed by atoms with Crippen LogP contribution in [0, 0.1) is 3.57 Å². The van der Waals surface area contributed by atoms with Crippen molar-refractivity contribution in [1.82, 2.24) is 4.57 Å². The predicted octanol–water partition coefficient (Wildman–Crippen LogP) is 2.21. The first-order valence-electron chi connectivity index (χ1n) is 4.80. The third-order valence-corrected chi connectivity index (χ3v) is 2.99. The first kappa shape index (κ1) is 11.2. The number of pyridine rings is 1. The molecule has 0 spiro atoms. The van der Waals surface area contributed by atoms with Crippen LogP contribution in [-0.2, 0) is 6.54 Å². The number of benzene rings is 1. The molecule has 0 aliphatic rings. The summed E-state index contributed by atoms with van der Waals surface area (Å²) >= 11 is 2.23. The maximum atomic E-state index is 11.6. The molecule has 0 amide bonds. The highest BCUT2D eigenvalue weighted by Crippen LogP contribution is 2.08. The number of rotatable bonds is 2. The van der Waals surface area contributed by atoms with Crippen LogP contribution in [0.1, 0.15) is 5.56 Å². The van der Waals surface area contributed by atoms with E-state index in [4.69, 9.17) is 0 Å². The Morgan fingerprint density at radius 3 is 2.56 bits per heavy atom. The molecule has 2 aromatic rings. The predicted molar refractivity (Wildman–Crippen MR) is 70.6 cm³/mol. The molecule has 0 atom stereocenters. The van der Waals surface area contributed by atoms with Crippen LogP contribution in [0.3, 0.4) is 0 Å². The van der Waals surface area contributed by atoms with Gasteiger partial charge in [-0.15, -0.1) is 0 Å². The van der Waals surface area contributed by atoms with E-state index in [1.165, 1.54) is 10.6 Å². The second-order valence-electron chi connectivity index (χ2n) is 3.45. The molecule has 0 aliphatic carbocycles. The number of aromatic nitrogens is 1. The van der Waals surface area contributed by atoms with Gasteiger partial charge >= 0.3 is 0 Å². The van der Waals surface area contributed by atoms with E-state index in [0.29, 0.717) is 6.54 Å². The van der Waals surface area contributed by atoms with Crippen LogP contribution in [0.5, 0.6) is 5.75 Å². The van der Waals surface area contributed by atoms with Crippen molar-refractivity contribution in [2.45, 2.75) is 6.54 Å². The highest BCUT2D eigenvalue weighted by atomic mass is 127. The van der Waals surface area contributed by atoms with Crippen molar-refractivity contribution in [1.29, 1.82) is 0 Å². The molecule has 2 rings (SSSR count). The Hall–Kier alpha value is -1.30. The summed E-state index contributed by atoms with van der Waals surface area (Å²) in [7, 11) is 0. The maximum absolute atomic E-state index is 11.6. The van der Waals surface area contributed by atoms with Gasteiger partial charge in [-0.3, -0.25) is 4.79 Å². The summed E-state index contributed by atoms with van der Waals surface area (Å²) in [6.45, 7) is 0.476. The van der Waals surface area contributed by atoms with Gasteiger partial charge in [0.2, 0.25) is 0 Å². The van der Waals surface area contributed by atoms with Crippen molar-refractivity contribution in [2.75, 3.05) is 0 Å². The fourth-order valence-electron chi connectivity index (χ4n) is 1.44. The van der Waals surface area contributed by atoms with E-state index in [2.05, 4.69) is 22.6 Å². The molecule has 1 aromatic heterocycles. The molecular weight excluding hydrogens is 317 g/mol. The molecule has 0 bridgehead atoms. The molecule has 1 aromatic carbocycles. The largest absolute Gasteiger partial charge is 0.503 e. The summed E-state index contributed by atoms with van der Waals surface area (Å²) in [6, 6.07) is 11.0.